The van der Waals surface area contributed by atoms with E-state index in [0.29, 0.717) is 29.7 Å². The standard InChI is InChI=1S/C21H24N4O3/c1-14-7-5-6-8-15(14)13-23-19-9-10-22-21(25-19)24-16-11-17(26-2)20(28-4)18(12-16)27-3/h5-12H,13H2,1-4H3,(H2,22,23,24,25). The lowest BCUT2D eigenvalue weighted by atomic mass is 10.1. The number of aryl methyl sites for hydroxylation is 1. The molecule has 0 aliphatic heterocycles. The Bertz CT molecular complexity index is 921. The van der Waals surface area contributed by atoms with Gasteiger partial charge in [0.15, 0.2) is 11.5 Å². The summed E-state index contributed by atoms with van der Waals surface area (Å²) < 4.78 is 16.1. The predicted octanol–water partition coefficient (Wildman–Crippen LogP) is 4.17. The van der Waals surface area contributed by atoms with Gasteiger partial charge in [0, 0.05) is 30.6 Å². The third-order valence-corrected chi connectivity index (χ3v) is 4.30. The fraction of sp³-hybridized carbons (Fsp3) is 0.238. The summed E-state index contributed by atoms with van der Waals surface area (Å²) in [5.74, 6) is 2.83. The first-order chi connectivity index (χ1) is 13.6. The zero-order valence-electron chi connectivity index (χ0n) is 16.4. The van der Waals surface area contributed by atoms with Crippen LogP contribution in [0.15, 0.2) is 48.7 Å². The van der Waals surface area contributed by atoms with Crippen molar-refractivity contribution in [1.29, 1.82) is 0 Å². The van der Waals surface area contributed by atoms with Gasteiger partial charge in [-0.3, -0.25) is 0 Å². The van der Waals surface area contributed by atoms with Crippen molar-refractivity contribution in [2.24, 2.45) is 0 Å². The Morgan fingerprint density at radius 1 is 0.929 bits per heavy atom. The highest BCUT2D eigenvalue weighted by Crippen LogP contribution is 2.40. The summed E-state index contributed by atoms with van der Waals surface area (Å²) in [5, 5.41) is 6.51. The largest absolute Gasteiger partial charge is 0.493 e. The number of hydrogen-bond donors (Lipinski definition) is 2. The molecule has 0 unspecified atom stereocenters. The van der Waals surface area contributed by atoms with Crippen molar-refractivity contribution >= 4 is 17.5 Å². The molecule has 2 N–H and O–H groups in total. The number of anilines is 3. The van der Waals surface area contributed by atoms with Crippen LogP contribution in [-0.2, 0) is 6.54 Å². The van der Waals surface area contributed by atoms with E-state index in [2.05, 4.69) is 39.7 Å². The van der Waals surface area contributed by atoms with Gasteiger partial charge >= 0.3 is 0 Å². The summed E-state index contributed by atoms with van der Waals surface area (Å²) in [6.45, 7) is 2.78. The molecule has 0 atom stereocenters. The molecule has 0 amide bonds. The smallest absolute Gasteiger partial charge is 0.229 e. The van der Waals surface area contributed by atoms with E-state index >= 15 is 0 Å². The van der Waals surface area contributed by atoms with Crippen molar-refractivity contribution in [3.63, 3.8) is 0 Å². The van der Waals surface area contributed by atoms with Crippen molar-refractivity contribution in [3.05, 3.63) is 59.8 Å². The van der Waals surface area contributed by atoms with Crippen LogP contribution in [0.3, 0.4) is 0 Å². The second-order valence-corrected chi connectivity index (χ2v) is 6.08. The van der Waals surface area contributed by atoms with Gasteiger partial charge in [-0.2, -0.15) is 4.98 Å². The van der Waals surface area contributed by atoms with E-state index in [4.69, 9.17) is 14.2 Å². The number of ether oxygens (including phenoxy) is 3. The molecule has 0 radical (unpaired) electrons. The van der Waals surface area contributed by atoms with Crippen LogP contribution in [0.1, 0.15) is 11.1 Å². The van der Waals surface area contributed by atoms with E-state index in [1.807, 2.05) is 18.2 Å². The van der Waals surface area contributed by atoms with Crippen molar-refractivity contribution in [1.82, 2.24) is 9.97 Å². The number of methoxy groups -OCH3 is 3. The van der Waals surface area contributed by atoms with Gasteiger partial charge in [-0.1, -0.05) is 24.3 Å². The van der Waals surface area contributed by atoms with Crippen LogP contribution in [0.25, 0.3) is 0 Å². The van der Waals surface area contributed by atoms with Gasteiger partial charge < -0.3 is 24.8 Å². The number of nitrogens with one attached hydrogen (secondary N) is 2. The van der Waals surface area contributed by atoms with Crippen molar-refractivity contribution < 1.29 is 14.2 Å². The first-order valence-corrected chi connectivity index (χ1v) is 8.83. The zero-order valence-corrected chi connectivity index (χ0v) is 16.4. The van der Waals surface area contributed by atoms with Gasteiger partial charge in [0.1, 0.15) is 5.82 Å². The molecule has 28 heavy (non-hydrogen) atoms. The number of hydrogen-bond acceptors (Lipinski definition) is 7. The number of benzene rings is 2. The summed E-state index contributed by atoms with van der Waals surface area (Å²) in [5.41, 5.74) is 3.19. The molecule has 7 nitrogen and oxygen atoms in total. The van der Waals surface area contributed by atoms with E-state index in [1.165, 1.54) is 11.1 Å². The van der Waals surface area contributed by atoms with Gasteiger partial charge in [-0.15, -0.1) is 0 Å². The molecule has 0 aliphatic carbocycles. The highest BCUT2D eigenvalue weighted by Gasteiger charge is 2.14. The van der Waals surface area contributed by atoms with E-state index in [0.717, 1.165) is 11.5 Å². The summed E-state index contributed by atoms with van der Waals surface area (Å²) in [6.07, 6.45) is 1.70. The van der Waals surface area contributed by atoms with Gasteiger partial charge in [-0.05, 0) is 24.1 Å². The Labute approximate surface area is 164 Å². The lowest BCUT2D eigenvalue weighted by Gasteiger charge is -2.15. The third-order valence-electron chi connectivity index (χ3n) is 4.30. The summed E-state index contributed by atoms with van der Waals surface area (Å²) in [4.78, 5) is 8.81. The fourth-order valence-corrected chi connectivity index (χ4v) is 2.79. The van der Waals surface area contributed by atoms with Crippen LogP contribution in [0, 0.1) is 6.92 Å². The molecule has 3 rings (SSSR count). The Hall–Kier alpha value is -3.48. The van der Waals surface area contributed by atoms with Crippen LogP contribution in [0.2, 0.25) is 0 Å². The maximum Gasteiger partial charge on any atom is 0.229 e. The Balaban J connectivity index is 1.77. The summed E-state index contributed by atoms with van der Waals surface area (Å²) >= 11 is 0. The highest BCUT2D eigenvalue weighted by molar-refractivity contribution is 5.66. The van der Waals surface area contributed by atoms with E-state index in [-0.39, 0.29) is 0 Å². The van der Waals surface area contributed by atoms with Crippen molar-refractivity contribution in [2.75, 3.05) is 32.0 Å². The fourth-order valence-electron chi connectivity index (χ4n) is 2.79. The molecule has 1 aromatic heterocycles. The van der Waals surface area contributed by atoms with Crippen LogP contribution < -0.4 is 24.8 Å². The first-order valence-electron chi connectivity index (χ1n) is 8.83. The van der Waals surface area contributed by atoms with Crippen LogP contribution in [0.4, 0.5) is 17.5 Å². The Morgan fingerprint density at radius 2 is 1.64 bits per heavy atom. The summed E-state index contributed by atoms with van der Waals surface area (Å²) in [7, 11) is 4.72. The van der Waals surface area contributed by atoms with Gasteiger partial charge in [-0.25, -0.2) is 4.98 Å². The molecule has 0 bridgehead atoms. The SMILES string of the molecule is COc1cc(Nc2nccc(NCc3ccccc3C)n2)cc(OC)c1OC. The second-order valence-electron chi connectivity index (χ2n) is 6.08. The molecule has 3 aromatic rings. The van der Waals surface area contributed by atoms with Gasteiger partial charge in [0.25, 0.3) is 0 Å². The van der Waals surface area contributed by atoms with Crippen LogP contribution in [-0.4, -0.2) is 31.3 Å². The first kappa shape index (κ1) is 19.3. The molecule has 146 valence electrons. The molecule has 0 spiro atoms. The molecule has 2 aromatic carbocycles. The normalized spacial score (nSPS) is 10.3. The molecular formula is C21H24N4O3. The number of nitrogens with zero attached hydrogens (tertiary/aromatic N) is 2. The lowest BCUT2D eigenvalue weighted by molar-refractivity contribution is 0.324. The van der Waals surface area contributed by atoms with Crippen LogP contribution in [0.5, 0.6) is 17.2 Å². The molecule has 0 saturated heterocycles. The molecule has 1 heterocycles. The number of aromatic nitrogens is 2. The predicted molar refractivity (Wildman–Crippen MR) is 110 cm³/mol. The topological polar surface area (TPSA) is 77.5 Å². The zero-order chi connectivity index (χ0) is 19.9. The van der Waals surface area contributed by atoms with Crippen molar-refractivity contribution in [3.8, 4) is 17.2 Å². The van der Waals surface area contributed by atoms with E-state index in [9.17, 15) is 0 Å². The maximum absolute atomic E-state index is 5.38. The molecule has 7 heteroatoms. The van der Waals surface area contributed by atoms with Crippen LogP contribution >= 0.6 is 0 Å². The lowest BCUT2D eigenvalue weighted by Crippen LogP contribution is -2.05. The monoisotopic (exact) mass is 380 g/mol. The summed E-state index contributed by atoms with van der Waals surface area (Å²) in [6, 6.07) is 13.7. The maximum atomic E-state index is 5.38. The average molecular weight is 380 g/mol. The van der Waals surface area contributed by atoms with Crippen molar-refractivity contribution in [2.45, 2.75) is 13.5 Å². The van der Waals surface area contributed by atoms with Gasteiger partial charge in [0.2, 0.25) is 11.7 Å². The minimum absolute atomic E-state index is 0.462. The Morgan fingerprint density at radius 3 is 2.29 bits per heavy atom. The molecular weight excluding hydrogens is 356 g/mol. The molecule has 0 aliphatic rings. The molecule has 0 fully saturated rings. The quantitative estimate of drug-likeness (QED) is 0.607. The minimum Gasteiger partial charge on any atom is -0.493 e. The van der Waals surface area contributed by atoms with E-state index in [1.54, 1.807) is 39.7 Å². The average Bonchev–Trinajstić information content (AvgIpc) is 2.72. The highest BCUT2D eigenvalue weighted by atomic mass is 16.5. The van der Waals surface area contributed by atoms with E-state index < -0.39 is 0 Å². The second kappa shape index (κ2) is 8.94. The van der Waals surface area contributed by atoms with Gasteiger partial charge in [0.05, 0.1) is 21.3 Å². The minimum atomic E-state index is 0.462. The molecule has 0 saturated carbocycles. The Kier molecular flexibility index (Phi) is 6.16. The third kappa shape index (κ3) is 4.43. The number of rotatable bonds is 8.